The molecule has 0 aliphatic carbocycles. The Labute approximate surface area is 159 Å². The molecule has 1 aromatic heterocycles. The van der Waals surface area contributed by atoms with E-state index in [1.807, 2.05) is 0 Å². The molecule has 26 heavy (non-hydrogen) atoms. The fourth-order valence-electron chi connectivity index (χ4n) is 2.15. The van der Waals surface area contributed by atoms with Crippen LogP contribution >= 0.6 is 23.2 Å². The maximum absolute atomic E-state index is 12.9. The average molecular weight is 391 g/mol. The van der Waals surface area contributed by atoms with Crippen LogP contribution in [0.2, 0.25) is 10.0 Å². The minimum atomic E-state index is -0.430. The molecule has 3 aromatic rings. The summed E-state index contributed by atoms with van der Waals surface area (Å²) in [5.74, 6) is -0.220. The van der Waals surface area contributed by atoms with Crippen molar-refractivity contribution in [3.63, 3.8) is 0 Å². The average Bonchev–Trinajstić information content (AvgIpc) is 2.61. The van der Waals surface area contributed by atoms with Gasteiger partial charge in [0.25, 0.3) is 5.91 Å². The normalized spacial score (nSPS) is 10.4. The predicted molar refractivity (Wildman–Crippen MR) is 100 cm³/mol. The molecule has 3 rings (SSSR count). The van der Waals surface area contributed by atoms with Gasteiger partial charge in [-0.05, 0) is 35.9 Å². The number of hydrogen-bond acceptors (Lipinski definition) is 4. The molecule has 0 saturated heterocycles. The Kier molecular flexibility index (Phi) is 5.65. The van der Waals surface area contributed by atoms with Crippen molar-refractivity contribution in [3.05, 3.63) is 82.0 Å². The zero-order valence-electron chi connectivity index (χ0n) is 13.3. The monoisotopic (exact) mass is 390 g/mol. The van der Waals surface area contributed by atoms with Crippen molar-refractivity contribution in [2.24, 2.45) is 0 Å². The maximum Gasteiger partial charge on any atom is 0.275 e. The standard InChI is InChI=1S/C18H13Cl2FN4O/c19-12-5-13(20)7-15(6-12)25-18(26)16-9-24-17(10-22-16)23-8-11-1-3-14(21)4-2-11/h1-7,9-10H,8H2,(H,23,24)(H,25,26). The third-order valence-electron chi connectivity index (χ3n) is 3.39. The van der Waals surface area contributed by atoms with Crippen LogP contribution in [0.15, 0.2) is 54.9 Å². The summed E-state index contributed by atoms with van der Waals surface area (Å²) < 4.78 is 12.9. The molecule has 5 nitrogen and oxygen atoms in total. The van der Waals surface area contributed by atoms with Crippen molar-refractivity contribution < 1.29 is 9.18 Å². The molecule has 0 aliphatic rings. The number of aromatic nitrogens is 2. The number of halogens is 3. The largest absolute Gasteiger partial charge is 0.365 e. The number of carbonyl (C=O) groups excluding carboxylic acids is 1. The number of anilines is 2. The second kappa shape index (κ2) is 8.12. The van der Waals surface area contributed by atoms with Gasteiger partial charge in [-0.25, -0.2) is 14.4 Å². The van der Waals surface area contributed by atoms with Crippen LogP contribution in [0.1, 0.15) is 16.1 Å². The summed E-state index contributed by atoms with van der Waals surface area (Å²) in [6.45, 7) is 0.460. The summed E-state index contributed by atoms with van der Waals surface area (Å²) >= 11 is 11.8. The summed E-state index contributed by atoms with van der Waals surface area (Å²) in [4.78, 5) is 20.4. The molecular formula is C18H13Cl2FN4O. The molecule has 0 saturated carbocycles. The van der Waals surface area contributed by atoms with Crippen molar-refractivity contribution in [1.82, 2.24) is 9.97 Å². The first kappa shape index (κ1) is 18.1. The molecule has 0 spiro atoms. The maximum atomic E-state index is 12.9. The van der Waals surface area contributed by atoms with E-state index in [-0.39, 0.29) is 11.5 Å². The number of carbonyl (C=O) groups is 1. The molecule has 2 N–H and O–H groups in total. The van der Waals surface area contributed by atoms with Crippen LogP contribution in [-0.4, -0.2) is 15.9 Å². The molecular weight excluding hydrogens is 378 g/mol. The van der Waals surface area contributed by atoms with E-state index in [1.165, 1.54) is 24.5 Å². The Bertz CT molecular complexity index is 897. The highest BCUT2D eigenvalue weighted by Crippen LogP contribution is 2.22. The lowest BCUT2D eigenvalue weighted by Crippen LogP contribution is -2.14. The molecule has 0 atom stereocenters. The van der Waals surface area contributed by atoms with Gasteiger partial charge in [0.05, 0.1) is 12.4 Å². The molecule has 8 heteroatoms. The molecule has 0 unspecified atom stereocenters. The van der Waals surface area contributed by atoms with Gasteiger partial charge in [0.2, 0.25) is 0 Å². The van der Waals surface area contributed by atoms with Gasteiger partial charge in [-0.3, -0.25) is 4.79 Å². The first-order chi connectivity index (χ1) is 12.5. The fraction of sp³-hybridized carbons (Fsp3) is 0.0556. The number of benzene rings is 2. The third kappa shape index (κ3) is 4.91. The highest BCUT2D eigenvalue weighted by Gasteiger charge is 2.09. The van der Waals surface area contributed by atoms with E-state index < -0.39 is 5.91 Å². The lowest BCUT2D eigenvalue weighted by atomic mass is 10.2. The van der Waals surface area contributed by atoms with Gasteiger partial charge in [0, 0.05) is 22.3 Å². The van der Waals surface area contributed by atoms with Crippen molar-refractivity contribution in [2.45, 2.75) is 6.54 Å². The molecule has 0 fully saturated rings. The van der Waals surface area contributed by atoms with E-state index in [1.54, 1.807) is 30.3 Å². The van der Waals surface area contributed by atoms with E-state index in [0.29, 0.717) is 28.1 Å². The topological polar surface area (TPSA) is 66.9 Å². The Balaban J connectivity index is 1.61. The van der Waals surface area contributed by atoms with E-state index in [4.69, 9.17) is 23.2 Å². The molecule has 1 heterocycles. The summed E-state index contributed by atoms with van der Waals surface area (Å²) in [7, 11) is 0. The number of hydrogen-bond donors (Lipinski definition) is 2. The number of amides is 1. The SMILES string of the molecule is O=C(Nc1cc(Cl)cc(Cl)c1)c1cnc(NCc2ccc(F)cc2)cn1. The zero-order valence-corrected chi connectivity index (χ0v) is 14.9. The molecule has 0 bridgehead atoms. The zero-order chi connectivity index (χ0) is 18.5. The van der Waals surface area contributed by atoms with Gasteiger partial charge < -0.3 is 10.6 Å². The van der Waals surface area contributed by atoms with Crippen molar-refractivity contribution in [2.75, 3.05) is 10.6 Å². The second-order valence-corrected chi connectivity index (χ2v) is 6.25. The van der Waals surface area contributed by atoms with Crippen LogP contribution in [0.25, 0.3) is 0 Å². The van der Waals surface area contributed by atoms with Crippen LogP contribution in [-0.2, 0) is 6.54 Å². The summed E-state index contributed by atoms with van der Waals surface area (Å²) in [6.07, 6.45) is 2.80. The minimum Gasteiger partial charge on any atom is -0.365 e. The van der Waals surface area contributed by atoms with Crippen molar-refractivity contribution in [3.8, 4) is 0 Å². The Morgan fingerprint density at radius 3 is 2.31 bits per heavy atom. The first-order valence-electron chi connectivity index (χ1n) is 7.57. The van der Waals surface area contributed by atoms with Gasteiger partial charge >= 0.3 is 0 Å². The van der Waals surface area contributed by atoms with Gasteiger partial charge in [-0.15, -0.1) is 0 Å². The quantitative estimate of drug-likeness (QED) is 0.657. The van der Waals surface area contributed by atoms with E-state index in [2.05, 4.69) is 20.6 Å². The summed E-state index contributed by atoms with van der Waals surface area (Å²) in [6, 6.07) is 10.9. The van der Waals surface area contributed by atoms with Crippen LogP contribution in [0.4, 0.5) is 15.9 Å². The van der Waals surface area contributed by atoms with Crippen molar-refractivity contribution >= 4 is 40.6 Å². The van der Waals surface area contributed by atoms with Crippen LogP contribution in [0, 0.1) is 5.82 Å². The Morgan fingerprint density at radius 1 is 1.00 bits per heavy atom. The van der Waals surface area contributed by atoms with Gasteiger partial charge in [0.1, 0.15) is 17.3 Å². The number of rotatable bonds is 5. The third-order valence-corrected chi connectivity index (χ3v) is 3.83. The van der Waals surface area contributed by atoms with E-state index in [9.17, 15) is 9.18 Å². The predicted octanol–water partition coefficient (Wildman–Crippen LogP) is 4.79. The Hall–Kier alpha value is -2.70. The van der Waals surface area contributed by atoms with E-state index in [0.717, 1.165) is 5.56 Å². The second-order valence-electron chi connectivity index (χ2n) is 5.38. The van der Waals surface area contributed by atoms with Crippen molar-refractivity contribution in [1.29, 1.82) is 0 Å². The molecule has 1 amide bonds. The van der Waals surface area contributed by atoms with Crippen LogP contribution in [0.5, 0.6) is 0 Å². The fourth-order valence-corrected chi connectivity index (χ4v) is 2.68. The highest BCUT2D eigenvalue weighted by molar-refractivity contribution is 6.35. The lowest BCUT2D eigenvalue weighted by molar-refractivity contribution is 0.102. The lowest BCUT2D eigenvalue weighted by Gasteiger charge is -2.08. The molecule has 0 radical (unpaired) electrons. The molecule has 132 valence electrons. The Morgan fingerprint density at radius 2 is 1.69 bits per heavy atom. The van der Waals surface area contributed by atoms with Gasteiger partial charge in [0.15, 0.2) is 0 Å². The van der Waals surface area contributed by atoms with E-state index >= 15 is 0 Å². The van der Waals surface area contributed by atoms with Crippen LogP contribution < -0.4 is 10.6 Å². The number of nitrogens with zero attached hydrogens (tertiary/aromatic N) is 2. The van der Waals surface area contributed by atoms with Gasteiger partial charge in [-0.1, -0.05) is 35.3 Å². The molecule has 0 aliphatic heterocycles. The summed E-state index contributed by atoms with van der Waals surface area (Å²) in [5, 5.41) is 6.54. The smallest absolute Gasteiger partial charge is 0.275 e. The van der Waals surface area contributed by atoms with Gasteiger partial charge in [-0.2, -0.15) is 0 Å². The highest BCUT2D eigenvalue weighted by atomic mass is 35.5. The van der Waals surface area contributed by atoms with Crippen LogP contribution in [0.3, 0.4) is 0 Å². The first-order valence-corrected chi connectivity index (χ1v) is 8.33. The molecule has 2 aromatic carbocycles. The minimum absolute atomic E-state index is 0.147. The number of nitrogens with one attached hydrogen (secondary N) is 2. The summed E-state index contributed by atoms with van der Waals surface area (Å²) in [5.41, 5.74) is 1.51.